The number of aliphatic imine (C=N–C) groups is 2. The van der Waals surface area contributed by atoms with Crippen LogP contribution in [0, 0.1) is 0 Å². The van der Waals surface area contributed by atoms with Crippen molar-refractivity contribution in [3.63, 3.8) is 0 Å². The predicted octanol–water partition coefficient (Wildman–Crippen LogP) is 8.55. The lowest BCUT2D eigenvalue weighted by Crippen LogP contribution is -2.42. The van der Waals surface area contributed by atoms with Gasteiger partial charge < -0.3 is 14.4 Å². The van der Waals surface area contributed by atoms with E-state index in [1.54, 1.807) is 19.2 Å². The number of benzene rings is 3. The number of alkyl halides is 4. The minimum Gasteiger partial charge on any atom is -0.497 e. The molecule has 0 N–H and O–H groups in total. The van der Waals surface area contributed by atoms with Gasteiger partial charge in [-0.1, -0.05) is 55.9 Å². The number of carbonyl (C=O) groups excluding carboxylic acids is 1. The van der Waals surface area contributed by atoms with Crippen molar-refractivity contribution in [1.82, 2.24) is 14.8 Å². The minimum absolute atomic E-state index is 0.0723. The van der Waals surface area contributed by atoms with Crippen LogP contribution in [0.15, 0.2) is 83.0 Å². The van der Waals surface area contributed by atoms with Crippen molar-refractivity contribution in [3.05, 3.63) is 84.2 Å². The molecule has 1 saturated heterocycles. The summed E-state index contributed by atoms with van der Waals surface area (Å²) in [5.41, 5.74) is 3.31. The average molecular weight is 669 g/mol. The quantitative estimate of drug-likeness (QED) is 0.137. The molecular weight excluding hydrogens is 636 g/mol. The molecule has 0 saturated carbocycles. The van der Waals surface area contributed by atoms with Crippen molar-refractivity contribution in [2.24, 2.45) is 9.98 Å². The number of amides is 2. The minimum atomic E-state index is -4.78. The van der Waals surface area contributed by atoms with Gasteiger partial charge in [-0.3, -0.25) is 0 Å². The maximum absolute atomic E-state index is 15.1. The van der Waals surface area contributed by atoms with Gasteiger partial charge in [0.25, 0.3) is 0 Å². The molecule has 0 spiro atoms. The van der Waals surface area contributed by atoms with Crippen LogP contribution in [-0.4, -0.2) is 57.4 Å². The van der Waals surface area contributed by atoms with Crippen molar-refractivity contribution in [3.8, 4) is 28.6 Å². The summed E-state index contributed by atoms with van der Waals surface area (Å²) in [6, 6.07) is 16.6. The van der Waals surface area contributed by atoms with Crippen LogP contribution >= 0.6 is 11.8 Å². The number of hydrogen-bond acceptors (Lipinski definition) is 6. The highest BCUT2D eigenvalue weighted by Gasteiger charge is 2.31. The molecule has 1 aliphatic rings. The van der Waals surface area contributed by atoms with Gasteiger partial charge in [0.05, 0.1) is 18.5 Å². The third-order valence-corrected chi connectivity index (χ3v) is 8.34. The molecule has 0 bridgehead atoms. The summed E-state index contributed by atoms with van der Waals surface area (Å²) in [4.78, 5) is 27.1. The highest BCUT2D eigenvalue weighted by atomic mass is 32.2. The summed E-state index contributed by atoms with van der Waals surface area (Å²) in [5, 5.41) is 4.85. The van der Waals surface area contributed by atoms with E-state index < -0.39 is 18.6 Å². The van der Waals surface area contributed by atoms with E-state index in [-0.39, 0.29) is 23.3 Å². The number of rotatable bonds is 8. The zero-order chi connectivity index (χ0) is 33.7. The van der Waals surface area contributed by atoms with Crippen LogP contribution in [0.1, 0.15) is 50.4 Å². The Morgan fingerprint density at radius 3 is 2.43 bits per heavy atom. The van der Waals surface area contributed by atoms with Crippen molar-refractivity contribution < 1.29 is 31.8 Å². The lowest BCUT2D eigenvalue weighted by Gasteiger charge is -2.37. The number of anilines is 1. The average Bonchev–Trinajstić information content (AvgIpc) is 3.53. The topological polar surface area (TPSA) is 94.2 Å². The van der Waals surface area contributed by atoms with E-state index in [4.69, 9.17) is 4.74 Å². The maximum atomic E-state index is 15.1. The second-order valence-corrected chi connectivity index (χ2v) is 12.0. The number of amidine groups is 1. The van der Waals surface area contributed by atoms with E-state index in [1.807, 2.05) is 23.1 Å². The fourth-order valence-electron chi connectivity index (χ4n) is 4.94. The second-order valence-electron chi connectivity index (χ2n) is 11.0. The van der Waals surface area contributed by atoms with Gasteiger partial charge in [0.1, 0.15) is 17.8 Å². The summed E-state index contributed by atoms with van der Waals surface area (Å²) in [5.74, 6) is 1.66. The van der Waals surface area contributed by atoms with Crippen LogP contribution in [0.5, 0.6) is 11.5 Å². The molecule has 1 aromatic heterocycles. The number of nitrogens with zero attached hydrogens (tertiary/aromatic N) is 6. The Labute approximate surface area is 273 Å². The first-order valence-electron chi connectivity index (χ1n) is 14.7. The number of thioether (sulfide) groups is 1. The van der Waals surface area contributed by atoms with E-state index in [2.05, 4.69) is 45.6 Å². The maximum Gasteiger partial charge on any atom is 0.573 e. The Hall–Kier alpha value is -4.72. The van der Waals surface area contributed by atoms with Gasteiger partial charge in [-0.25, -0.2) is 23.8 Å². The molecule has 0 radical (unpaired) electrons. The third kappa shape index (κ3) is 8.36. The standard InChI is InChI=1S/C33H32F4N6O3S/c1-20(2)27-14-13-26(45-4)17-29(27)43-21(3)15-16-47-32(43)40-31(44)38-18-28(34)22-5-7-23(8-6-22)30-39-19-42(41-30)24-9-11-25(12-10-24)46-33(35,36)37/h5-14,17-21,28H,15-16H2,1-4H3. The first kappa shape index (κ1) is 33.6. The molecule has 14 heteroatoms. The molecule has 2 heterocycles. The molecule has 1 aliphatic heterocycles. The summed E-state index contributed by atoms with van der Waals surface area (Å²) >= 11 is 1.45. The molecule has 4 aromatic rings. The molecule has 3 aromatic carbocycles. The SMILES string of the molecule is COc1ccc(C(C)C)c(N2C(=NC(=O)N=CC(F)c3ccc(-c4ncn(-c5ccc(OC(F)(F)F)cc5)n4)cc3)SCCC2C)c1. The van der Waals surface area contributed by atoms with Gasteiger partial charge in [0.15, 0.2) is 17.2 Å². The molecule has 0 aliphatic carbocycles. The number of urea groups is 1. The lowest BCUT2D eigenvalue weighted by atomic mass is 9.99. The summed E-state index contributed by atoms with van der Waals surface area (Å²) in [7, 11) is 1.60. The molecule has 47 heavy (non-hydrogen) atoms. The van der Waals surface area contributed by atoms with Crippen LogP contribution in [0.2, 0.25) is 0 Å². The van der Waals surface area contributed by atoms with Gasteiger partial charge in [0, 0.05) is 29.6 Å². The highest BCUT2D eigenvalue weighted by molar-refractivity contribution is 8.14. The van der Waals surface area contributed by atoms with Crippen molar-refractivity contribution in [2.45, 2.75) is 51.7 Å². The monoisotopic (exact) mass is 668 g/mol. The first-order valence-corrected chi connectivity index (χ1v) is 15.7. The predicted molar refractivity (Wildman–Crippen MR) is 175 cm³/mol. The Kier molecular flexibility index (Phi) is 10.3. The van der Waals surface area contributed by atoms with Crippen LogP contribution in [0.4, 0.5) is 28.0 Å². The summed E-state index contributed by atoms with van der Waals surface area (Å²) in [6.45, 7) is 6.26. The Bertz CT molecular complexity index is 1760. The van der Waals surface area contributed by atoms with Gasteiger partial charge in [-0.05, 0) is 60.7 Å². The normalized spacial score (nSPS) is 17.0. The molecule has 2 atom stereocenters. The first-order chi connectivity index (χ1) is 22.4. The van der Waals surface area contributed by atoms with Crippen LogP contribution in [0.25, 0.3) is 17.1 Å². The van der Waals surface area contributed by atoms with E-state index in [1.165, 1.54) is 59.2 Å². The van der Waals surface area contributed by atoms with Crippen LogP contribution in [0.3, 0.4) is 0 Å². The molecule has 1 fully saturated rings. The number of halogens is 4. The Balaban J connectivity index is 1.26. The third-order valence-electron chi connectivity index (χ3n) is 7.35. The second kappa shape index (κ2) is 14.4. The summed E-state index contributed by atoms with van der Waals surface area (Å²) in [6.07, 6.45) is -3.23. The highest BCUT2D eigenvalue weighted by Crippen LogP contribution is 2.37. The van der Waals surface area contributed by atoms with Gasteiger partial charge in [-0.2, -0.15) is 4.99 Å². The zero-order valence-corrected chi connectivity index (χ0v) is 26.8. The lowest BCUT2D eigenvalue weighted by molar-refractivity contribution is -0.274. The summed E-state index contributed by atoms with van der Waals surface area (Å²) < 4.78 is 63.1. The van der Waals surface area contributed by atoms with Crippen LogP contribution < -0.4 is 14.4 Å². The number of hydrogen-bond donors (Lipinski definition) is 0. The molecule has 246 valence electrons. The van der Waals surface area contributed by atoms with Crippen molar-refractivity contribution >= 4 is 34.9 Å². The molecule has 2 unspecified atom stereocenters. The zero-order valence-electron chi connectivity index (χ0n) is 26.0. The number of methoxy groups -OCH3 is 1. The molecule has 2 amide bonds. The fraction of sp³-hybridized carbons (Fsp3) is 0.303. The molecular formula is C33H32F4N6O3S. The largest absolute Gasteiger partial charge is 0.573 e. The number of carbonyl (C=O) groups is 1. The van der Waals surface area contributed by atoms with E-state index in [9.17, 15) is 18.0 Å². The van der Waals surface area contributed by atoms with E-state index in [0.29, 0.717) is 28.0 Å². The Morgan fingerprint density at radius 2 is 1.77 bits per heavy atom. The van der Waals surface area contributed by atoms with Crippen molar-refractivity contribution in [2.75, 3.05) is 17.8 Å². The molecule has 5 rings (SSSR count). The van der Waals surface area contributed by atoms with E-state index in [0.717, 1.165) is 29.6 Å². The smallest absolute Gasteiger partial charge is 0.497 e. The van der Waals surface area contributed by atoms with Gasteiger partial charge in [-0.15, -0.1) is 18.3 Å². The van der Waals surface area contributed by atoms with E-state index >= 15 is 4.39 Å². The van der Waals surface area contributed by atoms with Crippen molar-refractivity contribution in [1.29, 1.82) is 0 Å². The number of aromatic nitrogens is 3. The fourth-order valence-corrected chi connectivity index (χ4v) is 6.15. The van der Waals surface area contributed by atoms with Gasteiger partial charge in [0.2, 0.25) is 0 Å². The Morgan fingerprint density at radius 1 is 1.06 bits per heavy atom. The molecule has 9 nitrogen and oxygen atoms in total. The van der Waals surface area contributed by atoms with Crippen LogP contribution in [-0.2, 0) is 0 Å². The number of ether oxygens (including phenoxy) is 2. The van der Waals surface area contributed by atoms with Gasteiger partial charge >= 0.3 is 12.4 Å².